The summed E-state index contributed by atoms with van der Waals surface area (Å²) in [6.07, 6.45) is 0. The van der Waals surface area contributed by atoms with Crippen molar-refractivity contribution in [2.45, 2.75) is 13.8 Å². The van der Waals surface area contributed by atoms with Crippen LogP contribution in [0.4, 0.5) is 4.39 Å². The van der Waals surface area contributed by atoms with E-state index in [1.165, 1.54) is 25.1 Å². The van der Waals surface area contributed by atoms with E-state index in [0.717, 1.165) is 5.56 Å². The SMILES string of the molecule is Cc1c(O)cccc1F.Cc1ccccc1O. The maximum atomic E-state index is 12.4. The first-order valence-corrected chi connectivity index (χ1v) is 5.21. The normalized spacial score (nSPS) is 9.35. The van der Waals surface area contributed by atoms with E-state index in [-0.39, 0.29) is 11.6 Å². The third-order valence-corrected chi connectivity index (χ3v) is 2.35. The molecule has 0 unspecified atom stereocenters. The minimum Gasteiger partial charge on any atom is -0.508 e. The number of hydrogen-bond acceptors (Lipinski definition) is 2. The summed E-state index contributed by atoms with van der Waals surface area (Å²) in [6.45, 7) is 3.40. The van der Waals surface area contributed by atoms with Crippen LogP contribution in [0.25, 0.3) is 0 Å². The molecular formula is C14H15FO2. The van der Waals surface area contributed by atoms with Crippen LogP contribution in [0, 0.1) is 19.7 Å². The largest absolute Gasteiger partial charge is 0.508 e. The van der Waals surface area contributed by atoms with Crippen molar-refractivity contribution < 1.29 is 14.6 Å². The molecule has 17 heavy (non-hydrogen) atoms. The summed E-state index contributed by atoms with van der Waals surface area (Å²) in [5, 5.41) is 17.8. The second kappa shape index (κ2) is 5.89. The minimum atomic E-state index is -0.366. The van der Waals surface area contributed by atoms with Gasteiger partial charge in [0.1, 0.15) is 17.3 Å². The van der Waals surface area contributed by atoms with Crippen molar-refractivity contribution in [2.24, 2.45) is 0 Å². The first-order chi connectivity index (χ1) is 8.02. The lowest BCUT2D eigenvalue weighted by Gasteiger charge is -1.96. The Bertz CT molecular complexity index is 454. The van der Waals surface area contributed by atoms with Gasteiger partial charge in [-0.25, -0.2) is 4.39 Å². The van der Waals surface area contributed by atoms with Crippen LogP contribution >= 0.6 is 0 Å². The maximum Gasteiger partial charge on any atom is 0.129 e. The summed E-state index contributed by atoms with van der Waals surface area (Å²) in [5.41, 5.74) is 1.23. The third kappa shape index (κ3) is 3.79. The lowest BCUT2D eigenvalue weighted by molar-refractivity contribution is 0.463. The molecule has 0 aliphatic carbocycles. The standard InChI is InChI=1S/C7H7FO.C7H8O/c1-5-6(8)3-2-4-7(5)9;1-6-4-2-3-5-7(6)8/h2-4,9H,1H3;2-5,8H,1H3. The van der Waals surface area contributed by atoms with Gasteiger partial charge in [-0.3, -0.25) is 0 Å². The van der Waals surface area contributed by atoms with E-state index in [9.17, 15) is 4.39 Å². The van der Waals surface area contributed by atoms with Crippen LogP contribution in [-0.4, -0.2) is 10.2 Å². The van der Waals surface area contributed by atoms with E-state index >= 15 is 0 Å². The zero-order valence-corrected chi connectivity index (χ0v) is 9.81. The molecule has 3 heteroatoms. The molecule has 0 aliphatic rings. The lowest BCUT2D eigenvalue weighted by atomic mass is 10.2. The molecule has 2 aromatic carbocycles. The number of phenols is 2. The summed E-state index contributed by atoms with van der Waals surface area (Å²) in [7, 11) is 0. The highest BCUT2D eigenvalue weighted by molar-refractivity contribution is 5.31. The van der Waals surface area contributed by atoms with Gasteiger partial charge < -0.3 is 10.2 Å². The Labute approximate surface area is 100.0 Å². The van der Waals surface area contributed by atoms with Gasteiger partial charge in [-0.1, -0.05) is 24.3 Å². The van der Waals surface area contributed by atoms with Gasteiger partial charge in [-0.05, 0) is 37.6 Å². The van der Waals surface area contributed by atoms with Gasteiger partial charge in [-0.15, -0.1) is 0 Å². The number of aromatic hydroxyl groups is 2. The van der Waals surface area contributed by atoms with Crippen molar-refractivity contribution in [1.29, 1.82) is 0 Å². The lowest BCUT2D eigenvalue weighted by Crippen LogP contribution is -1.79. The molecule has 0 spiro atoms. The number of benzene rings is 2. The second-order valence-electron chi connectivity index (χ2n) is 3.67. The molecule has 0 aliphatic heterocycles. The average molecular weight is 234 g/mol. The molecule has 0 saturated carbocycles. The number of hydrogen-bond donors (Lipinski definition) is 2. The van der Waals surface area contributed by atoms with Crippen LogP contribution < -0.4 is 0 Å². The average Bonchev–Trinajstić information content (AvgIpc) is 2.31. The van der Waals surface area contributed by atoms with Gasteiger partial charge in [-0.2, -0.15) is 0 Å². The number of aryl methyl sites for hydroxylation is 1. The molecule has 0 radical (unpaired) electrons. The molecule has 0 fully saturated rings. The van der Waals surface area contributed by atoms with Crippen molar-refractivity contribution in [1.82, 2.24) is 0 Å². The van der Waals surface area contributed by atoms with Crippen molar-refractivity contribution in [2.75, 3.05) is 0 Å². The highest BCUT2D eigenvalue weighted by Gasteiger charge is 1.98. The third-order valence-electron chi connectivity index (χ3n) is 2.35. The van der Waals surface area contributed by atoms with Gasteiger partial charge >= 0.3 is 0 Å². The Morgan fingerprint density at radius 2 is 1.41 bits per heavy atom. The Hall–Kier alpha value is -2.03. The molecule has 0 heterocycles. The molecule has 2 nitrogen and oxygen atoms in total. The van der Waals surface area contributed by atoms with Gasteiger partial charge in [0.15, 0.2) is 0 Å². The summed E-state index contributed by atoms with van der Waals surface area (Å²) in [4.78, 5) is 0. The van der Waals surface area contributed by atoms with E-state index in [1.54, 1.807) is 6.07 Å². The van der Waals surface area contributed by atoms with Gasteiger partial charge in [0.05, 0.1) is 0 Å². The van der Waals surface area contributed by atoms with Crippen LogP contribution in [0.3, 0.4) is 0 Å². The fraction of sp³-hybridized carbons (Fsp3) is 0.143. The smallest absolute Gasteiger partial charge is 0.129 e. The first-order valence-electron chi connectivity index (χ1n) is 5.21. The van der Waals surface area contributed by atoms with Crippen molar-refractivity contribution in [3.63, 3.8) is 0 Å². The van der Waals surface area contributed by atoms with E-state index in [1.807, 2.05) is 25.1 Å². The number of halogens is 1. The quantitative estimate of drug-likeness (QED) is 0.732. The summed E-state index contributed by atoms with van der Waals surface area (Å²) in [5.74, 6) is 0.0116. The number of phenolic OH excluding ortho intramolecular Hbond substituents is 2. The summed E-state index contributed by atoms with van der Waals surface area (Å²) in [6, 6.07) is 11.5. The van der Waals surface area contributed by atoms with E-state index in [2.05, 4.69) is 0 Å². The van der Waals surface area contributed by atoms with E-state index in [0.29, 0.717) is 11.3 Å². The molecule has 2 aromatic rings. The first kappa shape index (κ1) is 13.0. The molecule has 2 rings (SSSR count). The molecular weight excluding hydrogens is 219 g/mol. The zero-order chi connectivity index (χ0) is 12.8. The highest BCUT2D eigenvalue weighted by atomic mass is 19.1. The van der Waals surface area contributed by atoms with Gasteiger partial charge in [0, 0.05) is 5.56 Å². The van der Waals surface area contributed by atoms with Crippen LogP contribution in [0.15, 0.2) is 42.5 Å². The predicted octanol–water partition coefficient (Wildman–Crippen LogP) is 3.54. The summed E-state index contributed by atoms with van der Waals surface area (Å²) >= 11 is 0. The Kier molecular flexibility index (Phi) is 4.52. The van der Waals surface area contributed by atoms with E-state index in [4.69, 9.17) is 10.2 Å². The van der Waals surface area contributed by atoms with Crippen molar-refractivity contribution >= 4 is 0 Å². The molecule has 0 atom stereocenters. The molecule has 0 bridgehead atoms. The molecule has 2 N–H and O–H groups in total. The topological polar surface area (TPSA) is 40.5 Å². The molecule has 0 amide bonds. The highest BCUT2D eigenvalue weighted by Crippen LogP contribution is 2.17. The van der Waals surface area contributed by atoms with Crippen LogP contribution in [-0.2, 0) is 0 Å². The predicted molar refractivity (Wildman–Crippen MR) is 65.6 cm³/mol. The number of rotatable bonds is 0. The Balaban J connectivity index is 0.000000171. The Morgan fingerprint density at radius 3 is 1.82 bits per heavy atom. The molecule has 90 valence electrons. The monoisotopic (exact) mass is 234 g/mol. The Morgan fingerprint density at radius 1 is 0.824 bits per heavy atom. The maximum absolute atomic E-state index is 12.4. The van der Waals surface area contributed by atoms with Crippen LogP contribution in [0.1, 0.15) is 11.1 Å². The molecule has 0 saturated heterocycles. The van der Waals surface area contributed by atoms with E-state index < -0.39 is 0 Å². The fourth-order valence-corrected chi connectivity index (χ4v) is 1.16. The number of para-hydroxylation sites is 1. The minimum absolute atomic E-state index is 0.00926. The van der Waals surface area contributed by atoms with Crippen LogP contribution in [0.5, 0.6) is 11.5 Å². The van der Waals surface area contributed by atoms with Crippen molar-refractivity contribution in [3.05, 3.63) is 59.4 Å². The van der Waals surface area contributed by atoms with Crippen molar-refractivity contribution in [3.8, 4) is 11.5 Å². The second-order valence-corrected chi connectivity index (χ2v) is 3.67. The summed E-state index contributed by atoms with van der Waals surface area (Å²) < 4.78 is 12.4. The van der Waals surface area contributed by atoms with Crippen LogP contribution in [0.2, 0.25) is 0 Å². The fourth-order valence-electron chi connectivity index (χ4n) is 1.16. The van der Waals surface area contributed by atoms with Gasteiger partial charge in [0.25, 0.3) is 0 Å². The zero-order valence-electron chi connectivity index (χ0n) is 9.81. The molecule has 0 aromatic heterocycles. The van der Waals surface area contributed by atoms with Gasteiger partial charge in [0.2, 0.25) is 0 Å².